The molecule has 3 atom stereocenters. The molecule has 0 bridgehead atoms. The van der Waals surface area contributed by atoms with Gasteiger partial charge in [-0.05, 0) is 6.42 Å². The van der Waals surface area contributed by atoms with Gasteiger partial charge in [-0.1, -0.05) is 19.8 Å². The second-order valence-corrected chi connectivity index (χ2v) is 3.65. The predicted octanol–water partition coefficient (Wildman–Crippen LogP) is -0.732. The lowest BCUT2D eigenvalue weighted by molar-refractivity contribution is -0.0635. The zero-order chi connectivity index (χ0) is 11.7. The maximum absolute atomic E-state index is 9.43. The highest BCUT2D eigenvalue weighted by atomic mass is 16.5. The summed E-state index contributed by atoms with van der Waals surface area (Å²) in [6.45, 7) is 1.58. The van der Waals surface area contributed by atoms with Gasteiger partial charge in [0.25, 0.3) is 0 Å². The lowest BCUT2D eigenvalue weighted by atomic mass is 10.1. The van der Waals surface area contributed by atoms with E-state index in [1.54, 1.807) is 0 Å². The lowest BCUT2D eigenvalue weighted by Crippen LogP contribution is -2.32. The van der Waals surface area contributed by atoms with E-state index >= 15 is 0 Å². The molecule has 92 valence electrons. The van der Waals surface area contributed by atoms with Crippen molar-refractivity contribution in [1.82, 2.24) is 0 Å². The molecule has 0 rings (SSSR count). The van der Waals surface area contributed by atoms with Gasteiger partial charge in [-0.3, -0.25) is 0 Å². The maximum Gasteiger partial charge on any atom is 0.103 e. The van der Waals surface area contributed by atoms with E-state index < -0.39 is 18.3 Å². The Balaban J connectivity index is 3.50. The van der Waals surface area contributed by atoms with Crippen LogP contribution in [0.15, 0.2) is 0 Å². The summed E-state index contributed by atoms with van der Waals surface area (Å²) >= 11 is 0. The molecule has 0 spiro atoms. The van der Waals surface area contributed by atoms with Gasteiger partial charge in [-0.2, -0.15) is 0 Å². The van der Waals surface area contributed by atoms with Crippen molar-refractivity contribution in [2.24, 2.45) is 0 Å². The SMILES string of the molecule is CCCCC(O)C(O)COCC(O)CO. The van der Waals surface area contributed by atoms with E-state index in [9.17, 15) is 10.2 Å². The molecule has 3 unspecified atom stereocenters. The highest BCUT2D eigenvalue weighted by molar-refractivity contribution is 4.66. The van der Waals surface area contributed by atoms with Crippen LogP contribution in [-0.4, -0.2) is 58.6 Å². The Morgan fingerprint density at radius 1 is 1.07 bits per heavy atom. The summed E-state index contributed by atoms with van der Waals surface area (Å²) in [5, 5.41) is 36.3. The molecule has 15 heavy (non-hydrogen) atoms. The average Bonchev–Trinajstić information content (AvgIpc) is 2.25. The minimum absolute atomic E-state index is 0.0259. The Morgan fingerprint density at radius 3 is 2.27 bits per heavy atom. The molecule has 0 heterocycles. The summed E-state index contributed by atoms with van der Waals surface area (Å²) < 4.78 is 4.93. The van der Waals surface area contributed by atoms with Crippen molar-refractivity contribution in [2.45, 2.75) is 44.5 Å². The van der Waals surface area contributed by atoms with Gasteiger partial charge in [0.15, 0.2) is 0 Å². The third kappa shape index (κ3) is 7.70. The van der Waals surface area contributed by atoms with Gasteiger partial charge in [0.2, 0.25) is 0 Å². The van der Waals surface area contributed by atoms with Crippen molar-refractivity contribution in [1.29, 1.82) is 0 Å². The van der Waals surface area contributed by atoms with Crippen molar-refractivity contribution in [3.63, 3.8) is 0 Å². The zero-order valence-electron chi connectivity index (χ0n) is 9.17. The molecule has 0 radical (unpaired) electrons. The number of aliphatic hydroxyl groups is 4. The van der Waals surface area contributed by atoms with Gasteiger partial charge in [0.1, 0.15) is 12.2 Å². The molecule has 0 aromatic carbocycles. The summed E-state index contributed by atoms with van der Waals surface area (Å²) in [5.74, 6) is 0. The standard InChI is InChI=1S/C10H22O5/c1-2-3-4-9(13)10(14)7-15-6-8(12)5-11/h8-14H,2-7H2,1H3. The Kier molecular flexibility index (Phi) is 8.94. The van der Waals surface area contributed by atoms with E-state index in [-0.39, 0.29) is 19.8 Å². The summed E-state index contributed by atoms with van der Waals surface area (Å²) in [6, 6.07) is 0. The molecule has 0 aliphatic rings. The van der Waals surface area contributed by atoms with Crippen LogP contribution in [0.5, 0.6) is 0 Å². The number of ether oxygens (including phenoxy) is 1. The molecule has 0 saturated carbocycles. The van der Waals surface area contributed by atoms with Crippen LogP contribution in [0.4, 0.5) is 0 Å². The molecule has 5 nitrogen and oxygen atoms in total. The highest BCUT2D eigenvalue weighted by Crippen LogP contribution is 2.05. The third-order valence-corrected chi connectivity index (χ3v) is 2.11. The monoisotopic (exact) mass is 222 g/mol. The van der Waals surface area contributed by atoms with E-state index in [0.717, 1.165) is 12.8 Å². The van der Waals surface area contributed by atoms with Gasteiger partial charge in [0.05, 0.1) is 25.9 Å². The Bertz CT molecular complexity index is 142. The fraction of sp³-hybridized carbons (Fsp3) is 1.00. The number of rotatable bonds is 9. The van der Waals surface area contributed by atoms with E-state index in [4.69, 9.17) is 14.9 Å². The fourth-order valence-corrected chi connectivity index (χ4v) is 1.09. The normalized spacial score (nSPS) is 17.4. The summed E-state index contributed by atoms with van der Waals surface area (Å²) in [4.78, 5) is 0. The minimum Gasteiger partial charge on any atom is -0.394 e. The van der Waals surface area contributed by atoms with Gasteiger partial charge < -0.3 is 25.2 Å². The molecule has 0 aliphatic carbocycles. The van der Waals surface area contributed by atoms with Crippen LogP contribution in [0.25, 0.3) is 0 Å². The molecule has 4 N–H and O–H groups in total. The van der Waals surface area contributed by atoms with Crippen LogP contribution in [0, 0.1) is 0 Å². The van der Waals surface area contributed by atoms with E-state index in [1.807, 2.05) is 6.92 Å². The predicted molar refractivity (Wildman–Crippen MR) is 55.5 cm³/mol. The van der Waals surface area contributed by atoms with E-state index in [1.165, 1.54) is 0 Å². The number of unbranched alkanes of at least 4 members (excludes halogenated alkanes) is 1. The molecule has 0 fully saturated rings. The fourth-order valence-electron chi connectivity index (χ4n) is 1.09. The van der Waals surface area contributed by atoms with E-state index in [0.29, 0.717) is 6.42 Å². The molecule has 0 amide bonds. The first-order chi connectivity index (χ1) is 7.11. The molecule has 0 aliphatic heterocycles. The quantitative estimate of drug-likeness (QED) is 0.413. The Morgan fingerprint density at radius 2 is 1.73 bits per heavy atom. The molecule has 0 aromatic rings. The molecule has 5 heteroatoms. The first kappa shape index (κ1) is 14.8. The third-order valence-electron chi connectivity index (χ3n) is 2.11. The Hall–Kier alpha value is -0.200. The largest absolute Gasteiger partial charge is 0.394 e. The van der Waals surface area contributed by atoms with Crippen molar-refractivity contribution in [2.75, 3.05) is 19.8 Å². The lowest BCUT2D eigenvalue weighted by Gasteiger charge is -2.18. The van der Waals surface area contributed by atoms with Gasteiger partial charge in [-0.15, -0.1) is 0 Å². The first-order valence-corrected chi connectivity index (χ1v) is 5.34. The Labute approximate surface area is 90.3 Å². The van der Waals surface area contributed by atoms with E-state index in [2.05, 4.69) is 0 Å². The molecular formula is C10H22O5. The topological polar surface area (TPSA) is 90.2 Å². The van der Waals surface area contributed by atoms with Crippen LogP contribution < -0.4 is 0 Å². The summed E-state index contributed by atoms with van der Waals surface area (Å²) in [6.07, 6.45) is -0.266. The van der Waals surface area contributed by atoms with Gasteiger partial charge in [-0.25, -0.2) is 0 Å². The molecular weight excluding hydrogens is 200 g/mol. The second-order valence-electron chi connectivity index (χ2n) is 3.65. The van der Waals surface area contributed by atoms with Crippen LogP contribution in [0.1, 0.15) is 26.2 Å². The molecule has 0 aromatic heterocycles. The van der Waals surface area contributed by atoms with Crippen molar-refractivity contribution >= 4 is 0 Å². The van der Waals surface area contributed by atoms with Crippen molar-refractivity contribution in [3.8, 4) is 0 Å². The maximum atomic E-state index is 9.43. The average molecular weight is 222 g/mol. The number of hydrogen-bond donors (Lipinski definition) is 4. The van der Waals surface area contributed by atoms with Crippen molar-refractivity contribution < 1.29 is 25.2 Å². The van der Waals surface area contributed by atoms with Crippen LogP contribution in [0.3, 0.4) is 0 Å². The van der Waals surface area contributed by atoms with Crippen LogP contribution in [0.2, 0.25) is 0 Å². The van der Waals surface area contributed by atoms with Gasteiger partial charge >= 0.3 is 0 Å². The van der Waals surface area contributed by atoms with Crippen molar-refractivity contribution in [3.05, 3.63) is 0 Å². The van der Waals surface area contributed by atoms with Gasteiger partial charge in [0, 0.05) is 0 Å². The number of hydrogen-bond acceptors (Lipinski definition) is 5. The smallest absolute Gasteiger partial charge is 0.103 e. The first-order valence-electron chi connectivity index (χ1n) is 5.34. The van der Waals surface area contributed by atoms with Crippen LogP contribution >= 0.6 is 0 Å². The highest BCUT2D eigenvalue weighted by Gasteiger charge is 2.16. The summed E-state index contributed by atoms with van der Waals surface area (Å²) in [7, 11) is 0. The number of aliphatic hydroxyl groups excluding tert-OH is 4. The summed E-state index contributed by atoms with van der Waals surface area (Å²) in [5.41, 5.74) is 0. The second kappa shape index (κ2) is 9.06. The minimum atomic E-state index is -0.928. The molecule has 0 saturated heterocycles. The zero-order valence-corrected chi connectivity index (χ0v) is 9.17. The van der Waals surface area contributed by atoms with Crippen LogP contribution in [-0.2, 0) is 4.74 Å².